The third-order valence-electron chi connectivity index (χ3n) is 5.50. The largest absolute Gasteiger partial charge is 0.480 e. The van der Waals surface area contributed by atoms with Gasteiger partial charge in [0.25, 0.3) is 0 Å². The first-order chi connectivity index (χ1) is 12.0. The number of carbonyl (C=O) groups excluding carboxylic acids is 1. The molecule has 4 aliphatic rings. The normalized spacial score (nSPS) is 32.7. The molecule has 25 heavy (non-hydrogen) atoms. The molecular formula is C18H28O7. The van der Waals surface area contributed by atoms with E-state index in [1.54, 1.807) is 0 Å². The van der Waals surface area contributed by atoms with Gasteiger partial charge >= 0.3 is 11.9 Å². The van der Waals surface area contributed by atoms with Crippen molar-refractivity contribution in [1.82, 2.24) is 0 Å². The number of carbonyl (C=O) groups is 2. The Bertz CT molecular complexity index is 441. The van der Waals surface area contributed by atoms with Gasteiger partial charge in [0.1, 0.15) is 18.8 Å². The first kappa shape index (κ1) is 18.6. The van der Waals surface area contributed by atoms with Crippen LogP contribution in [0.4, 0.5) is 0 Å². The number of hydrogen-bond donors (Lipinski definition) is 1. The van der Waals surface area contributed by atoms with E-state index in [2.05, 4.69) is 0 Å². The highest BCUT2D eigenvalue weighted by molar-refractivity contribution is 5.71. The molecule has 4 rings (SSSR count). The molecule has 7 heteroatoms. The summed E-state index contributed by atoms with van der Waals surface area (Å²) >= 11 is 0. The van der Waals surface area contributed by atoms with Crippen molar-refractivity contribution >= 4 is 11.9 Å². The second-order valence-electron chi connectivity index (χ2n) is 7.69. The molecule has 0 saturated heterocycles. The minimum absolute atomic E-state index is 0.0410. The zero-order valence-corrected chi connectivity index (χ0v) is 14.6. The fourth-order valence-corrected chi connectivity index (χ4v) is 5.08. The summed E-state index contributed by atoms with van der Waals surface area (Å²) in [5.74, 6) is 0.970. The predicted molar refractivity (Wildman–Crippen MR) is 87.1 cm³/mol. The van der Waals surface area contributed by atoms with Crippen molar-refractivity contribution < 1.29 is 33.6 Å². The molecule has 0 unspecified atom stereocenters. The highest BCUT2D eigenvalue weighted by Crippen LogP contribution is 2.57. The lowest BCUT2D eigenvalue weighted by molar-refractivity contribution is -0.191. The monoisotopic (exact) mass is 356 g/mol. The number of carboxylic acids is 1. The molecule has 0 aromatic heterocycles. The summed E-state index contributed by atoms with van der Waals surface area (Å²) in [5, 5.41) is 8.40. The van der Waals surface area contributed by atoms with E-state index in [0.29, 0.717) is 19.8 Å². The van der Waals surface area contributed by atoms with E-state index >= 15 is 0 Å². The van der Waals surface area contributed by atoms with E-state index in [-0.39, 0.29) is 31.4 Å². The summed E-state index contributed by atoms with van der Waals surface area (Å²) in [7, 11) is 0. The lowest BCUT2D eigenvalue weighted by Gasteiger charge is -2.55. The van der Waals surface area contributed by atoms with Crippen molar-refractivity contribution in [2.24, 2.45) is 17.8 Å². The lowest BCUT2D eigenvalue weighted by atomic mass is 9.54. The van der Waals surface area contributed by atoms with Crippen LogP contribution in [0.1, 0.15) is 38.5 Å². The van der Waals surface area contributed by atoms with Crippen LogP contribution < -0.4 is 0 Å². The van der Waals surface area contributed by atoms with E-state index < -0.39 is 5.97 Å². The van der Waals surface area contributed by atoms with Gasteiger partial charge in [0.15, 0.2) is 0 Å². The average Bonchev–Trinajstić information content (AvgIpc) is 2.51. The van der Waals surface area contributed by atoms with Crippen molar-refractivity contribution in [3.05, 3.63) is 0 Å². The van der Waals surface area contributed by atoms with Crippen molar-refractivity contribution in [2.75, 3.05) is 39.6 Å². The number of rotatable bonds is 11. The highest BCUT2D eigenvalue weighted by Gasteiger charge is 2.53. The summed E-state index contributed by atoms with van der Waals surface area (Å²) in [6.07, 6.45) is 7.06. The van der Waals surface area contributed by atoms with Crippen LogP contribution in [0.15, 0.2) is 0 Å². The van der Waals surface area contributed by atoms with Crippen LogP contribution in [0.3, 0.4) is 0 Å². The van der Waals surface area contributed by atoms with Gasteiger partial charge in [-0.2, -0.15) is 0 Å². The van der Waals surface area contributed by atoms with Crippen molar-refractivity contribution in [1.29, 1.82) is 0 Å². The molecule has 0 amide bonds. The SMILES string of the molecule is O=C(O)COCCOCCOCC(=O)OC12CC3CC(CC(C3)C1)C2. The Kier molecular flexibility index (Phi) is 6.30. The van der Waals surface area contributed by atoms with Gasteiger partial charge in [-0.3, -0.25) is 0 Å². The van der Waals surface area contributed by atoms with Gasteiger partial charge in [-0.25, -0.2) is 9.59 Å². The van der Waals surface area contributed by atoms with Crippen LogP contribution in [0.2, 0.25) is 0 Å². The van der Waals surface area contributed by atoms with E-state index in [1.165, 1.54) is 19.3 Å². The smallest absolute Gasteiger partial charge is 0.332 e. The third kappa shape index (κ3) is 5.39. The first-order valence-electron chi connectivity index (χ1n) is 9.21. The molecule has 142 valence electrons. The molecule has 0 aromatic rings. The fourth-order valence-electron chi connectivity index (χ4n) is 5.08. The molecule has 0 spiro atoms. The standard InChI is InChI=1S/C18H28O7/c19-16(20)11-23-3-1-22-2-4-24-12-17(21)25-18-8-13-5-14(9-18)7-15(6-13)10-18/h13-15H,1-12H2,(H,19,20). The van der Waals surface area contributed by atoms with E-state index in [4.69, 9.17) is 24.1 Å². The summed E-state index contributed by atoms with van der Waals surface area (Å²) in [5.41, 5.74) is -0.215. The minimum atomic E-state index is -0.999. The van der Waals surface area contributed by atoms with Crippen molar-refractivity contribution in [3.63, 3.8) is 0 Å². The van der Waals surface area contributed by atoms with Gasteiger partial charge in [-0.15, -0.1) is 0 Å². The molecular weight excluding hydrogens is 328 g/mol. The van der Waals surface area contributed by atoms with Crippen LogP contribution in [-0.2, 0) is 28.5 Å². The van der Waals surface area contributed by atoms with Crippen LogP contribution in [-0.4, -0.2) is 62.3 Å². The molecule has 1 N–H and O–H groups in total. The molecule has 0 radical (unpaired) electrons. The van der Waals surface area contributed by atoms with Gasteiger partial charge in [-0.05, 0) is 56.3 Å². The number of esters is 1. The predicted octanol–water partition coefficient (Wildman–Crippen LogP) is 1.63. The maximum Gasteiger partial charge on any atom is 0.332 e. The summed E-state index contributed by atoms with van der Waals surface area (Å²) < 4.78 is 21.2. The van der Waals surface area contributed by atoms with Crippen LogP contribution in [0.25, 0.3) is 0 Å². The first-order valence-corrected chi connectivity index (χ1v) is 9.21. The summed E-state index contributed by atoms with van der Waals surface area (Å²) in [6.45, 7) is 0.793. The Morgan fingerprint density at radius 1 is 0.800 bits per heavy atom. The quantitative estimate of drug-likeness (QED) is 0.444. The Balaban J connectivity index is 1.24. The van der Waals surface area contributed by atoms with Gasteiger partial charge < -0.3 is 24.1 Å². The maximum absolute atomic E-state index is 12.1. The lowest BCUT2D eigenvalue weighted by Crippen LogP contribution is -2.53. The second kappa shape index (κ2) is 8.47. The topological polar surface area (TPSA) is 91.3 Å². The molecule has 0 heterocycles. The zero-order chi connectivity index (χ0) is 17.7. The molecule has 4 bridgehead atoms. The fraction of sp³-hybridized carbons (Fsp3) is 0.889. The molecule has 4 aliphatic carbocycles. The van der Waals surface area contributed by atoms with Crippen LogP contribution >= 0.6 is 0 Å². The zero-order valence-electron chi connectivity index (χ0n) is 14.6. The number of carboxylic acid groups (broad SMARTS) is 1. The maximum atomic E-state index is 12.1. The van der Waals surface area contributed by atoms with Gasteiger partial charge in [-0.1, -0.05) is 0 Å². The van der Waals surface area contributed by atoms with Gasteiger partial charge in [0, 0.05) is 0 Å². The van der Waals surface area contributed by atoms with Crippen molar-refractivity contribution in [3.8, 4) is 0 Å². The Hall–Kier alpha value is -1.18. The van der Waals surface area contributed by atoms with Gasteiger partial charge in [0.2, 0.25) is 0 Å². The van der Waals surface area contributed by atoms with E-state index in [1.807, 2.05) is 0 Å². The third-order valence-corrected chi connectivity index (χ3v) is 5.50. The molecule has 0 atom stereocenters. The van der Waals surface area contributed by atoms with Crippen LogP contribution in [0.5, 0.6) is 0 Å². The van der Waals surface area contributed by atoms with E-state index in [0.717, 1.165) is 37.0 Å². The average molecular weight is 356 g/mol. The second-order valence-corrected chi connectivity index (χ2v) is 7.69. The molecule has 7 nitrogen and oxygen atoms in total. The van der Waals surface area contributed by atoms with Crippen molar-refractivity contribution in [2.45, 2.75) is 44.1 Å². The molecule has 0 aliphatic heterocycles. The molecule has 0 aromatic carbocycles. The minimum Gasteiger partial charge on any atom is -0.480 e. The molecule has 4 fully saturated rings. The number of ether oxygens (including phenoxy) is 4. The number of hydrogen-bond acceptors (Lipinski definition) is 6. The van der Waals surface area contributed by atoms with Crippen LogP contribution in [0, 0.1) is 17.8 Å². The highest BCUT2D eigenvalue weighted by atomic mass is 16.6. The molecule has 4 saturated carbocycles. The summed E-state index contributed by atoms with van der Waals surface area (Å²) in [6, 6.07) is 0. The summed E-state index contributed by atoms with van der Waals surface area (Å²) in [4.78, 5) is 22.3. The number of aliphatic carboxylic acids is 1. The van der Waals surface area contributed by atoms with Gasteiger partial charge in [0.05, 0.1) is 26.4 Å². The Morgan fingerprint density at radius 2 is 1.28 bits per heavy atom. The Labute approximate surface area is 147 Å². The Morgan fingerprint density at radius 3 is 1.80 bits per heavy atom. The van der Waals surface area contributed by atoms with E-state index in [9.17, 15) is 9.59 Å².